The predicted molar refractivity (Wildman–Crippen MR) is 68.6 cm³/mol. The number of alkyl halides is 1. The third kappa shape index (κ3) is 3.92. The summed E-state index contributed by atoms with van der Waals surface area (Å²) in [5.41, 5.74) is 0.997. The van der Waals surface area contributed by atoms with Crippen molar-refractivity contribution in [3.05, 3.63) is 18.1 Å². The highest BCUT2D eigenvalue weighted by Crippen LogP contribution is 2.22. The molecule has 0 bridgehead atoms. The van der Waals surface area contributed by atoms with Crippen LogP contribution >= 0.6 is 15.9 Å². The van der Waals surface area contributed by atoms with E-state index in [0.717, 1.165) is 25.1 Å². The number of ether oxygens (including phenoxy) is 2. The number of halogens is 1. The van der Waals surface area contributed by atoms with Gasteiger partial charge in [-0.3, -0.25) is 0 Å². The van der Waals surface area contributed by atoms with Crippen LogP contribution in [0, 0.1) is 0 Å². The van der Waals surface area contributed by atoms with Gasteiger partial charge in [0.25, 0.3) is 0 Å². The smallest absolute Gasteiger partial charge is 0.216 e. The molecule has 0 N–H and O–H groups in total. The molecule has 4 nitrogen and oxygen atoms in total. The van der Waals surface area contributed by atoms with Gasteiger partial charge in [-0.05, 0) is 19.3 Å². The summed E-state index contributed by atoms with van der Waals surface area (Å²) in [7, 11) is 1.62. The van der Waals surface area contributed by atoms with Crippen molar-refractivity contribution in [2.45, 2.75) is 36.6 Å². The monoisotopic (exact) mass is 300 g/mol. The van der Waals surface area contributed by atoms with Gasteiger partial charge in [0.15, 0.2) is 0 Å². The largest absolute Gasteiger partial charge is 0.481 e. The molecule has 5 heteroatoms. The van der Waals surface area contributed by atoms with Crippen LogP contribution in [0.5, 0.6) is 5.88 Å². The lowest BCUT2D eigenvalue weighted by Gasteiger charge is -2.14. The lowest BCUT2D eigenvalue weighted by Crippen LogP contribution is -2.15. The van der Waals surface area contributed by atoms with Gasteiger partial charge >= 0.3 is 0 Å². The average Bonchev–Trinajstić information content (AvgIpc) is 2.82. The lowest BCUT2D eigenvalue weighted by molar-refractivity contribution is 0.104. The molecule has 94 valence electrons. The Hall–Kier alpha value is -0.680. The first-order valence-electron chi connectivity index (χ1n) is 5.88. The van der Waals surface area contributed by atoms with Gasteiger partial charge in [-0.15, -0.1) is 0 Å². The van der Waals surface area contributed by atoms with E-state index < -0.39 is 0 Å². The SMILES string of the molecule is COc1cc(CC(Br)CC2CCCO2)ncn1. The van der Waals surface area contributed by atoms with Crippen LogP contribution in [-0.4, -0.2) is 34.6 Å². The second-order valence-corrected chi connectivity index (χ2v) is 5.52. The number of nitrogens with zero attached hydrogens (tertiary/aromatic N) is 2. The van der Waals surface area contributed by atoms with Gasteiger partial charge in [0.2, 0.25) is 5.88 Å². The van der Waals surface area contributed by atoms with Crippen molar-refractivity contribution in [1.29, 1.82) is 0 Å². The van der Waals surface area contributed by atoms with Gasteiger partial charge < -0.3 is 9.47 Å². The quantitative estimate of drug-likeness (QED) is 0.783. The highest BCUT2D eigenvalue weighted by molar-refractivity contribution is 9.09. The minimum absolute atomic E-state index is 0.394. The van der Waals surface area contributed by atoms with Crippen LogP contribution in [0.3, 0.4) is 0 Å². The standard InChI is InChI=1S/C12H17BrN2O2/c1-16-12-7-10(14-8-15-12)5-9(13)6-11-3-2-4-17-11/h7-9,11H,2-6H2,1H3. The summed E-state index contributed by atoms with van der Waals surface area (Å²) in [6, 6.07) is 1.88. The molecule has 1 aliphatic heterocycles. The molecule has 0 spiro atoms. The zero-order valence-corrected chi connectivity index (χ0v) is 11.5. The Morgan fingerprint density at radius 3 is 3.18 bits per heavy atom. The van der Waals surface area contributed by atoms with Crippen LogP contribution in [-0.2, 0) is 11.2 Å². The van der Waals surface area contributed by atoms with Crippen LogP contribution in [0.2, 0.25) is 0 Å². The molecule has 2 heterocycles. The zero-order valence-electron chi connectivity index (χ0n) is 9.93. The van der Waals surface area contributed by atoms with Gasteiger partial charge in [0, 0.05) is 29.6 Å². The highest BCUT2D eigenvalue weighted by atomic mass is 79.9. The molecule has 0 radical (unpaired) electrons. The second kappa shape index (κ2) is 6.31. The first-order chi connectivity index (χ1) is 8.28. The van der Waals surface area contributed by atoms with Gasteiger partial charge in [0.1, 0.15) is 6.33 Å². The minimum Gasteiger partial charge on any atom is -0.481 e. The van der Waals surface area contributed by atoms with Crippen LogP contribution in [0.4, 0.5) is 0 Å². The van der Waals surface area contributed by atoms with Crippen molar-refractivity contribution in [2.75, 3.05) is 13.7 Å². The number of rotatable bonds is 5. The van der Waals surface area contributed by atoms with E-state index in [2.05, 4.69) is 25.9 Å². The maximum Gasteiger partial charge on any atom is 0.216 e. The van der Waals surface area contributed by atoms with Crippen molar-refractivity contribution in [3.63, 3.8) is 0 Å². The molecule has 1 aromatic rings. The van der Waals surface area contributed by atoms with Crippen molar-refractivity contribution in [3.8, 4) is 5.88 Å². The van der Waals surface area contributed by atoms with Crippen LogP contribution in [0.25, 0.3) is 0 Å². The van der Waals surface area contributed by atoms with Crippen LogP contribution < -0.4 is 4.74 Å². The fourth-order valence-electron chi connectivity index (χ4n) is 2.03. The molecule has 0 aliphatic carbocycles. The molecule has 2 rings (SSSR count). The molecule has 0 saturated carbocycles. The maximum atomic E-state index is 5.62. The van der Waals surface area contributed by atoms with E-state index in [4.69, 9.17) is 9.47 Å². The van der Waals surface area contributed by atoms with Gasteiger partial charge in [0.05, 0.1) is 13.2 Å². The molecule has 0 amide bonds. The lowest BCUT2D eigenvalue weighted by atomic mass is 10.1. The summed E-state index contributed by atoms with van der Waals surface area (Å²) in [5, 5.41) is 0. The maximum absolute atomic E-state index is 5.62. The minimum atomic E-state index is 0.394. The van der Waals surface area contributed by atoms with Crippen LogP contribution in [0.15, 0.2) is 12.4 Å². The molecule has 1 fully saturated rings. The molecule has 1 aromatic heterocycles. The van der Waals surface area contributed by atoms with Crippen molar-refractivity contribution in [2.24, 2.45) is 0 Å². The van der Waals surface area contributed by atoms with E-state index in [1.54, 1.807) is 13.4 Å². The zero-order chi connectivity index (χ0) is 12.1. The Labute approximate surface area is 110 Å². The molecule has 1 saturated heterocycles. The van der Waals surface area contributed by atoms with E-state index in [-0.39, 0.29) is 0 Å². The number of hydrogen-bond donors (Lipinski definition) is 0. The third-order valence-corrected chi connectivity index (χ3v) is 3.58. The second-order valence-electron chi connectivity index (χ2n) is 4.22. The van der Waals surface area contributed by atoms with E-state index in [1.165, 1.54) is 12.8 Å². The Kier molecular flexibility index (Phi) is 4.74. The van der Waals surface area contributed by atoms with E-state index in [0.29, 0.717) is 16.8 Å². The van der Waals surface area contributed by atoms with Crippen LogP contribution in [0.1, 0.15) is 25.0 Å². The normalized spacial score (nSPS) is 21.4. The van der Waals surface area contributed by atoms with Crippen molar-refractivity contribution >= 4 is 15.9 Å². The summed E-state index contributed by atoms with van der Waals surface area (Å²) in [4.78, 5) is 8.63. The molecular weight excluding hydrogens is 284 g/mol. The Morgan fingerprint density at radius 1 is 1.59 bits per heavy atom. The molecule has 2 atom stereocenters. The molecule has 17 heavy (non-hydrogen) atoms. The Morgan fingerprint density at radius 2 is 2.47 bits per heavy atom. The number of hydrogen-bond acceptors (Lipinski definition) is 4. The van der Waals surface area contributed by atoms with E-state index in [1.807, 2.05) is 6.07 Å². The fraction of sp³-hybridized carbons (Fsp3) is 0.667. The predicted octanol–water partition coefficient (Wildman–Crippen LogP) is 2.36. The highest BCUT2D eigenvalue weighted by Gasteiger charge is 2.19. The first-order valence-corrected chi connectivity index (χ1v) is 6.80. The number of aromatic nitrogens is 2. The molecule has 0 aromatic carbocycles. The van der Waals surface area contributed by atoms with Gasteiger partial charge in [-0.1, -0.05) is 15.9 Å². The topological polar surface area (TPSA) is 44.2 Å². The number of methoxy groups -OCH3 is 1. The Bertz CT molecular complexity index is 356. The Balaban J connectivity index is 1.85. The average molecular weight is 301 g/mol. The molecule has 1 aliphatic rings. The summed E-state index contributed by atoms with van der Waals surface area (Å²) < 4.78 is 10.7. The summed E-state index contributed by atoms with van der Waals surface area (Å²) in [6.45, 7) is 0.908. The van der Waals surface area contributed by atoms with E-state index in [9.17, 15) is 0 Å². The first kappa shape index (κ1) is 12.8. The van der Waals surface area contributed by atoms with Crippen molar-refractivity contribution < 1.29 is 9.47 Å². The summed E-state index contributed by atoms with van der Waals surface area (Å²) in [6.07, 6.45) is 6.22. The fourth-order valence-corrected chi connectivity index (χ4v) is 2.77. The van der Waals surface area contributed by atoms with Gasteiger partial charge in [-0.2, -0.15) is 0 Å². The molecular formula is C12H17BrN2O2. The molecule has 2 unspecified atom stereocenters. The third-order valence-electron chi connectivity index (χ3n) is 2.88. The summed E-state index contributed by atoms with van der Waals surface area (Å²) >= 11 is 3.69. The summed E-state index contributed by atoms with van der Waals surface area (Å²) in [5.74, 6) is 0.617. The van der Waals surface area contributed by atoms with Gasteiger partial charge in [-0.25, -0.2) is 9.97 Å². The van der Waals surface area contributed by atoms with Crippen molar-refractivity contribution in [1.82, 2.24) is 9.97 Å². The van der Waals surface area contributed by atoms with E-state index >= 15 is 0 Å².